The van der Waals surface area contributed by atoms with Crippen molar-refractivity contribution in [1.82, 2.24) is 0 Å². The van der Waals surface area contributed by atoms with Crippen LogP contribution >= 0.6 is 0 Å². The van der Waals surface area contributed by atoms with Gasteiger partial charge < -0.3 is 4.74 Å². The monoisotopic (exact) mass is 240 g/mol. The third-order valence-corrected chi connectivity index (χ3v) is 2.51. The number of rotatable bonds is 3. The fraction of sp³-hybridized carbons (Fsp3) is 0.133. The third kappa shape index (κ3) is 2.69. The molecule has 0 saturated heterocycles. The van der Waals surface area contributed by atoms with Crippen molar-refractivity contribution < 1.29 is 4.74 Å². The van der Waals surface area contributed by atoms with Crippen molar-refractivity contribution >= 4 is 17.4 Å². The van der Waals surface area contributed by atoms with Gasteiger partial charge in [0.15, 0.2) is 0 Å². The lowest BCUT2D eigenvalue weighted by Crippen LogP contribution is -2.27. The van der Waals surface area contributed by atoms with Crippen molar-refractivity contribution in [3.8, 4) is 0 Å². The Morgan fingerprint density at radius 3 is 1.78 bits per heavy atom. The molecular formula is C15H16N2O. The van der Waals surface area contributed by atoms with Crippen LogP contribution in [0.15, 0.2) is 60.7 Å². The van der Waals surface area contributed by atoms with E-state index >= 15 is 0 Å². The van der Waals surface area contributed by atoms with Gasteiger partial charge in [0.2, 0.25) is 0 Å². The maximum absolute atomic E-state index is 8.02. The first kappa shape index (κ1) is 12.2. The lowest BCUT2D eigenvalue weighted by Gasteiger charge is -2.24. The van der Waals surface area contributed by atoms with E-state index in [-0.39, 0.29) is 6.02 Å². The van der Waals surface area contributed by atoms with Gasteiger partial charge in [-0.15, -0.1) is 0 Å². The molecule has 2 aromatic carbocycles. The quantitative estimate of drug-likeness (QED) is 0.654. The predicted octanol–water partition coefficient (Wildman–Crippen LogP) is 3.80. The SMILES string of the molecule is CCOC(=N)N(c1ccccc1)c1ccccc1. The zero-order valence-electron chi connectivity index (χ0n) is 10.3. The van der Waals surface area contributed by atoms with E-state index < -0.39 is 0 Å². The van der Waals surface area contributed by atoms with E-state index in [1.807, 2.05) is 67.6 Å². The number of hydrogen-bond donors (Lipinski definition) is 1. The minimum atomic E-state index is 0.134. The Balaban J connectivity index is 2.38. The van der Waals surface area contributed by atoms with E-state index in [1.165, 1.54) is 0 Å². The summed E-state index contributed by atoms with van der Waals surface area (Å²) < 4.78 is 5.32. The van der Waals surface area contributed by atoms with Crippen molar-refractivity contribution in [2.45, 2.75) is 6.92 Å². The van der Waals surface area contributed by atoms with Crippen LogP contribution in [0.5, 0.6) is 0 Å². The molecule has 0 spiro atoms. The molecule has 1 N–H and O–H groups in total. The molecule has 0 aliphatic carbocycles. The maximum Gasteiger partial charge on any atom is 0.293 e. The highest BCUT2D eigenvalue weighted by atomic mass is 16.5. The van der Waals surface area contributed by atoms with Crippen molar-refractivity contribution in [3.05, 3.63) is 60.7 Å². The molecule has 0 heterocycles. The van der Waals surface area contributed by atoms with Gasteiger partial charge in [0.05, 0.1) is 18.0 Å². The first-order valence-corrected chi connectivity index (χ1v) is 5.94. The molecule has 18 heavy (non-hydrogen) atoms. The molecule has 2 aromatic rings. The Morgan fingerprint density at radius 1 is 0.944 bits per heavy atom. The van der Waals surface area contributed by atoms with E-state index in [0.717, 1.165) is 11.4 Å². The van der Waals surface area contributed by atoms with Crippen molar-refractivity contribution in [1.29, 1.82) is 5.41 Å². The van der Waals surface area contributed by atoms with E-state index in [4.69, 9.17) is 10.1 Å². The molecule has 3 nitrogen and oxygen atoms in total. The van der Waals surface area contributed by atoms with Crippen molar-refractivity contribution in [2.75, 3.05) is 11.5 Å². The van der Waals surface area contributed by atoms with Crippen LogP contribution in [0.2, 0.25) is 0 Å². The Morgan fingerprint density at radius 2 is 1.39 bits per heavy atom. The highest BCUT2D eigenvalue weighted by Crippen LogP contribution is 2.25. The van der Waals surface area contributed by atoms with Gasteiger partial charge in [0.1, 0.15) is 0 Å². The Hall–Kier alpha value is -2.29. The van der Waals surface area contributed by atoms with E-state index in [2.05, 4.69) is 0 Å². The molecule has 0 atom stereocenters. The standard InChI is InChI=1S/C15H16N2O/c1-2-18-15(16)17(13-9-5-3-6-10-13)14-11-7-4-8-12-14/h3-12,16H,2H2,1H3. The summed E-state index contributed by atoms with van der Waals surface area (Å²) in [5.74, 6) is 0. The van der Waals surface area contributed by atoms with Crippen LogP contribution in [0.25, 0.3) is 0 Å². The molecule has 0 fully saturated rings. The zero-order chi connectivity index (χ0) is 12.8. The number of benzene rings is 2. The van der Waals surface area contributed by atoms with Crippen LogP contribution in [0.3, 0.4) is 0 Å². The number of hydrogen-bond acceptors (Lipinski definition) is 2. The third-order valence-electron chi connectivity index (χ3n) is 2.51. The molecule has 92 valence electrons. The van der Waals surface area contributed by atoms with Gasteiger partial charge >= 0.3 is 0 Å². The summed E-state index contributed by atoms with van der Waals surface area (Å²) in [6, 6.07) is 19.7. The summed E-state index contributed by atoms with van der Waals surface area (Å²) in [6.45, 7) is 2.36. The van der Waals surface area contributed by atoms with E-state index in [9.17, 15) is 0 Å². The summed E-state index contributed by atoms with van der Waals surface area (Å²) in [6.07, 6.45) is 0. The molecule has 2 rings (SSSR count). The van der Waals surface area contributed by atoms with Crippen LogP contribution < -0.4 is 4.90 Å². The Kier molecular flexibility index (Phi) is 3.97. The van der Waals surface area contributed by atoms with Gasteiger partial charge in [-0.2, -0.15) is 0 Å². The van der Waals surface area contributed by atoms with Gasteiger partial charge in [-0.05, 0) is 31.2 Å². The molecule has 0 saturated carbocycles. The first-order chi connectivity index (χ1) is 8.83. The average Bonchev–Trinajstić information content (AvgIpc) is 2.42. The highest BCUT2D eigenvalue weighted by molar-refractivity contribution is 5.97. The van der Waals surface area contributed by atoms with Gasteiger partial charge in [-0.3, -0.25) is 10.3 Å². The largest absolute Gasteiger partial charge is 0.465 e. The fourth-order valence-electron chi connectivity index (χ4n) is 1.74. The molecule has 0 bridgehead atoms. The van der Waals surface area contributed by atoms with Gasteiger partial charge in [-0.25, -0.2) is 0 Å². The average molecular weight is 240 g/mol. The zero-order valence-corrected chi connectivity index (χ0v) is 10.3. The topological polar surface area (TPSA) is 36.3 Å². The molecule has 0 amide bonds. The number of nitrogens with one attached hydrogen (secondary N) is 1. The van der Waals surface area contributed by atoms with Crippen LogP contribution in [0, 0.1) is 5.41 Å². The normalized spacial score (nSPS) is 9.83. The van der Waals surface area contributed by atoms with Crippen LogP contribution in [0.4, 0.5) is 11.4 Å². The molecule has 3 heteroatoms. The summed E-state index contributed by atoms with van der Waals surface area (Å²) in [5, 5.41) is 8.02. The minimum absolute atomic E-state index is 0.134. The first-order valence-electron chi connectivity index (χ1n) is 5.94. The number of nitrogens with zero attached hydrogens (tertiary/aromatic N) is 1. The summed E-state index contributed by atoms with van der Waals surface area (Å²) in [7, 11) is 0. The maximum atomic E-state index is 8.02. The molecule has 0 radical (unpaired) electrons. The summed E-state index contributed by atoms with van der Waals surface area (Å²) in [5.41, 5.74) is 1.84. The number of amidine groups is 1. The van der Waals surface area contributed by atoms with Gasteiger partial charge in [0.25, 0.3) is 6.02 Å². The fourth-order valence-corrected chi connectivity index (χ4v) is 1.74. The highest BCUT2D eigenvalue weighted by Gasteiger charge is 2.14. The lowest BCUT2D eigenvalue weighted by atomic mass is 10.2. The predicted molar refractivity (Wildman–Crippen MR) is 74.4 cm³/mol. The van der Waals surface area contributed by atoms with Crippen LogP contribution in [-0.2, 0) is 4.74 Å². The number of para-hydroxylation sites is 2. The summed E-state index contributed by atoms with van der Waals surface area (Å²) in [4.78, 5) is 1.78. The Labute approximate surface area is 107 Å². The van der Waals surface area contributed by atoms with Gasteiger partial charge in [-0.1, -0.05) is 36.4 Å². The lowest BCUT2D eigenvalue weighted by molar-refractivity contribution is 0.318. The molecule has 0 aliphatic heterocycles. The molecule has 0 unspecified atom stereocenters. The second-order valence-electron chi connectivity index (χ2n) is 3.74. The smallest absolute Gasteiger partial charge is 0.293 e. The van der Waals surface area contributed by atoms with Crippen LogP contribution in [-0.4, -0.2) is 12.6 Å². The minimum Gasteiger partial charge on any atom is -0.465 e. The number of anilines is 2. The van der Waals surface area contributed by atoms with E-state index in [0.29, 0.717) is 6.61 Å². The number of ether oxygens (including phenoxy) is 1. The van der Waals surface area contributed by atoms with Crippen molar-refractivity contribution in [2.24, 2.45) is 0 Å². The van der Waals surface area contributed by atoms with E-state index in [1.54, 1.807) is 4.90 Å². The molecule has 0 aromatic heterocycles. The second-order valence-corrected chi connectivity index (χ2v) is 3.74. The van der Waals surface area contributed by atoms with Crippen molar-refractivity contribution in [3.63, 3.8) is 0 Å². The molecular weight excluding hydrogens is 224 g/mol. The Bertz CT molecular complexity index is 457. The van der Waals surface area contributed by atoms with Gasteiger partial charge in [0, 0.05) is 0 Å². The summed E-state index contributed by atoms with van der Waals surface area (Å²) >= 11 is 0. The molecule has 0 aliphatic rings. The van der Waals surface area contributed by atoms with Crippen LogP contribution in [0.1, 0.15) is 6.92 Å². The second kappa shape index (κ2) is 5.87.